The van der Waals surface area contributed by atoms with E-state index >= 15 is 0 Å². The summed E-state index contributed by atoms with van der Waals surface area (Å²) in [5.74, 6) is -1.32. The fraction of sp³-hybridized carbons (Fsp3) is 0.556. The second kappa shape index (κ2) is 6.87. The van der Waals surface area contributed by atoms with Gasteiger partial charge in [-0.2, -0.15) is 4.98 Å². The second-order valence-electron chi connectivity index (χ2n) is 7.67. The summed E-state index contributed by atoms with van der Waals surface area (Å²) in [6.07, 6.45) is 4.29. The van der Waals surface area contributed by atoms with Gasteiger partial charge in [0.1, 0.15) is 16.9 Å². The first-order valence-corrected chi connectivity index (χ1v) is 9.02. The van der Waals surface area contributed by atoms with Crippen molar-refractivity contribution in [3.8, 4) is 0 Å². The Morgan fingerprint density at radius 3 is 2.77 bits per heavy atom. The van der Waals surface area contributed by atoms with Crippen LogP contribution >= 0.6 is 11.6 Å². The number of carbonyl (C=O) groups is 2. The molecule has 0 bridgehead atoms. The van der Waals surface area contributed by atoms with Crippen molar-refractivity contribution in [3.05, 3.63) is 23.2 Å². The number of fused-ring (bicyclic) bond motifs is 1. The predicted molar refractivity (Wildman–Crippen MR) is 96.3 cm³/mol. The fourth-order valence-corrected chi connectivity index (χ4v) is 3.81. The van der Waals surface area contributed by atoms with Crippen LogP contribution in [0.2, 0.25) is 5.28 Å². The molecule has 1 aliphatic rings. The van der Waals surface area contributed by atoms with E-state index in [1.54, 1.807) is 10.6 Å². The fourth-order valence-electron chi connectivity index (χ4n) is 3.68. The first-order chi connectivity index (χ1) is 12.2. The molecule has 0 amide bonds. The topological polar surface area (TPSA) is 94.3 Å². The van der Waals surface area contributed by atoms with E-state index in [0.717, 1.165) is 19.3 Å². The van der Waals surface area contributed by atoms with Crippen LogP contribution in [0.3, 0.4) is 0 Å². The van der Waals surface area contributed by atoms with E-state index in [0.29, 0.717) is 11.0 Å². The van der Waals surface area contributed by atoms with Crippen molar-refractivity contribution in [2.45, 2.75) is 58.1 Å². The number of nitrogens with zero attached hydrogens (tertiary/aromatic N) is 3. The first-order valence-electron chi connectivity index (χ1n) is 8.64. The van der Waals surface area contributed by atoms with Crippen molar-refractivity contribution in [1.29, 1.82) is 0 Å². The van der Waals surface area contributed by atoms with Gasteiger partial charge < -0.3 is 14.4 Å². The molecule has 7 nitrogen and oxygen atoms in total. The van der Waals surface area contributed by atoms with Gasteiger partial charge in [0.15, 0.2) is 0 Å². The monoisotopic (exact) mass is 379 g/mol. The Morgan fingerprint density at radius 2 is 2.12 bits per heavy atom. The van der Waals surface area contributed by atoms with E-state index in [1.807, 2.05) is 20.8 Å². The SMILES string of the molecule is CC(C)(C)OC(=O)C[C@H]1CCC[C@@H]1n1c(C(=O)O)cc2cnc(Cl)nc21. The maximum Gasteiger partial charge on any atom is 0.352 e. The Morgan fingerprint density at radius 1 is 1.38 bits per heavy atom. The van der Waals surface area contributed by atoms with E-state index in [-0.39, 0.29) is 35.3 Å². The zero-order valence-corrected chi connectivity index (χ0v) is 15.8. The maximum absolute atomic E-state index is 12.3. The van der Waals surface area contributed by atoms with Crippen molar-refractivity contribution in [2.24, 2.45) is 5.92 Å². The average molecular weight is 380 g/mol. The molecule has 0 spiro atoms. The van der Waals surface area contributed by atoms with Crippen LogP contribution in [0.15, 0.2) is 12.3 Å². The number of aromatic nitrogens is 3. The van der Waals surface area contributed by atoms with Gasteiger partial charge in [-0.15, -0.1) is 0 Å². The Kier molecular flexibility index (Phi) is 4.92. The zero-order chi connectivity index (χ0) is 19.1. The van der Waals surface area contributed by atoms with Crippen molar-refractivity contribution >= 4 is 34.6 Å². The number of hydrogen-bond donors (Lipinski definition) is 1. The standard InChI is InChI=1S/C18H22ClN3O4/c1-18(2,3)26-14(23)8-10-5-4-6-12(10)22-13(16(24)25)7-11-9-20-17(19)21-15(11)22/h7,9-10,12H,4-6,8H2,1-3H3,(H,24,25)/t10-,12+/m1/s1. The lowest BCUT2D eigenvalue weighted by Crippen LogP contribution is -2.27. The molecule has 8 heteroatoms. The molecule has 1 fully saturated rings. The smallest absolute Gasteiger partial charge is 0.352 e. The van der Waals surface area contributed by atoms with Crippen LogP contribution in [0.25, 0.3) is 11.0 Å². The number of carboxylic acids is 1. The minimum atomic E-state index is -1.04. The molecule has 3 rings (SSSR count). The number of carboxylic acid groups (broad SMARTS) is 1. The van der Waals surface area contributed by atoms with Gasteiger partial charge in [-0.3, -0.25) is 4.79 Å². The summed E-state index contributed by atoms with van der Waals surface area (Å²) >= 11 is 5.92. The molecule has 2 atom stereocenters. The van der Waals surface area contributed by atoms with E-state index < -0.39 is 11.6 Å². The molecular formula is C18H22ClN3O4. The van der Waals surface area contributed by atoms with E-state index in [1.165, 1.54) is 6.20 Å². The molecule has 1 N–H and O–H groups in total. The van der Waals surface area contributed by atoms with E-state index in [2.05, 4.69) is 9.97 Å². The molecule has 0 saturated heterocycles. The Labute approximate surface area is 156 Å². The summed E-state index contributed by atoms with van der Waals surface area (Å²) in [7, 11) is 0. The van der Waals surface area contributed by atoms with Crippen LogP contribution in [0.5, 0.6) is 0 Å². The van der Waals surface area contributed by atoms with Gasteiger partial charge in [-0.05, 0) is 57.2 Å². The number of carbonyl (C=O) groups excluding carboxylic acids is 1. The molecule has 2 aromatic heterocycles. The molecule has 26 heavy (non-hydrogen) atoms. The van der Waals surface area contributed by atoms with Crippen LogP contribution in [-0.4, -0.2) is 37.2 Å². The van der Waals surface area contributed by atoms with Gasteiger partial charge >= 0.3 is 11.9 Å². The molecule has 1 saturated carbocycles. The Balaban J connectivity index is 1.96. The third-order valence-corrected chi connectivity index (χ3v) is 4.75. The Bertz CT molecular complexity index is 856. The summed E-state index contributed by atoms with van der Waals surface area (Å²) in [5.41, 5.74) is 0.0827. The number of halogens is 1. The number of ether oxygens (including phenoxy) is 1. The molecule has 140 valence electrons. The lowest BCUT2D eigenvalue weighted by molar-refractivity contribution is -0.156. The molecule has 0 aliphatic heterocycles. The maximum atomic E-state index is 12.3. The zero-order valence-electron chi connectivity index (χ0n) is 15.0. The van der Waals surface area contributed by atoms with Crippen LogP contribution in [-0.2, 0) is 9.53 Å². The minimum Gasteiger partial charge on any atom is -0.477 e. The van der Waals surface area contributed by atoms with Gasteiger partial charge in [0.2, 0.25) is 5.28 Å². The molecule has 0 aromatic carbocycles. The largest absolute Gasteiger partial charge is 0.477 e. The van der Waals surface area contributed by atoms with Gasteiger partial charge in [-0.25, -0.2) is 9.78 Å². The van der Waals surface area contributed by atoms with Crippen LogP contribution in [0, 0.1) is 5.92 Å². The van der Waals surface area contributed by atoms with Crippen molar-refractivity contribution < 1.29 is 19.4 Å². The quantitative estimate of drug-likeness (QED) is 0.640. The summed E-state index contributed by atoms with van der Waals surface area (Å²) in [5, 5.41) is 10.3. The molecule has 2 aromatic rings. The highest BCUT2D eigenvalue weighted by molar-refractivity contribution is 6.28. The highest BCUT2D eigenvalue weighted by Crippen LogP contribution is 2.41. The normalized spacial score (nSPS) is 20.5. The predicted octanol–water partition coefficient (Wildman–Crippen LogP) is 3.86. The number of hydrogen-bond acceptors (Lipinski definition) is 5. The third-order valence-electron chi connectivity index (χ3n) is 4.57. The molecule has 0 radical (unpaired) electrons. The second-order valence-corrected chi connectivity index (χ2v) is 8.01. The number of rotatable bonds is 4. The van der Waals surface area contributed by atoms with Gasteiger partial charge in [0, 0.05) is 17.6 Å². The lowest BCUT2D eigenvalue weighted by Gasteiger charge is -2.25. The van der Waals surface area contributed by atoms with E-state index in [9.17, 15) is 14.7 Å². The lowest BCUT2D eigenvalue weighted by atomic mass is 9.99. The highest BCUT2D eigenvalue weighted by Gasteiger charge is 2.35. The molecule has 0 unspecified atom stereocenters. The summed E-state index contributed by atoms with van der Waals surface area (Å²) < 4.78 is 7.14. The minimum absolute atomic E-state index is 0.00714. The van der Waals surface area contributed by atoms with Crippen molar-refractivity contribution in [2.75, 3.05) is 0 Å². The summed E-state index contributed by atoms with van der Waals surface area (Å²) in [6.45, 7) is 5.49. The van der Waals surface area contributed by atoms with Crippen molar-refractivity contribution in [3.63, 3.8) is 0 Å². The summed E-state index contributed by atoms with van der Waals surface area (Å²) in [4.78, 5) is 32.2. The first kappa shape index (κ1) is 18.6. The van der Waals surface area contributed by atoms with Gasteiger partial charge in [0.05, 0.1) is 6.42 Å². The van der Waals surface area contributed by atoms with Gasteiger partial charge in [0.25, 0.3) is 0 Å². The average Bonchev–Trinajstić information content (AvgIpc) is 3.08. The van der Waals surface area contributed by atoms with Crippen molar-refractivity contribution in [1.82, 2.24) is 14.5 Å². The number of esters is 1. The Hall–Kier alpha value is -2.15. The van der Waals surface area contributed by atoms with Crippen LogP contribution < -0.4 is 0 Å². The molecule has 2 heterocycles. The van der Waals surface area contributed by atoms with Gasteiger partial charge in [-0.1, -0.05) is 6.42 Å². The van der Waals surface area contributed by atoms with Crippen LogP contribution in [0.4, 0.5) is 0 Å². The number of aromatic carboxylic acids is 1. The van der Waals surface area contributed by atoms with E-state index in [4.69, 9.17) is 16.3 Å². The molecular weight excluding hydrogens is 358 g/mol. The van der Waals surface area contributed by atoms with Crippen LogP contribution in [0.1, 0.15) is 63.0 Å². The highest BCUT2D eigenvalue weighted by atomic mass is 35.5. The third kappa shape index (κ3) is 3.82. The summed E-state index contributed by atoms with van der Waals surface area (Å²) in [6, 6.07) is 1.41. The molecule has 1 aliphatic carbocycles.